The summed E-state index contributed by atoms with van der Waals surface area (Å²) < 4.78 is 12.9. The fourth-order valence-corrected chi connectivity index (χ4v) is 2.92. The van der Waals surface area contributed by atoms with Crippen LogP contribution in [0.25, 0.3) is 0 Å². The summed E-state index contributed by atoms with van der Waals surface area (Å²) in [4.78, 5) is 3.99. The van der Waals surface area contributed by atoms with Crippen molar-refractivity contribution >= 4 is 0 Å². The Morgan fingerprint density at radius 3 is 2.75 bits per heavy atom. The molecule has 0 saturated heterocycles. The van der Waals surface area contributed by atoms with E-state index in [9.17, 15) is 9.50 Å². The highest BCUT2D eigenvalue weighted by Gasteiger charge is 2.25. The number of hydrogen-bond acceptors (Lipinski definition) is 2. The largest absolute Gasteiger partial charge is 0.383 e. The zero-order valence-corrected chi connectivity index (χ0v) is 11.6. The van der Waals surface area contributed by atoms with Gasteiger partial charge in [0.05, 0.1) is 11.9 Å². The van der Waals surface area contributed by atoms with E-state index in [2.05, 4.69) is 23.2 Å². The number of aliphatic hydroxyl groups is 1. The van der Waals surface area contributed by atoms with Crippen LogP contribution in [0.3, 0.4) is 0 Å². The lowest BCUT2D eigenvalue weighted by Gasteiger charge is -2.23. The van der Waals surface area contributed by atoms with Crippen LogP contribution in [0.5, 0.6) is 0 Å². The van der Waals surface area contributed by atoms with Crippen molar-refractivity contribution in [3.8, 4) is 0 Å². The summed E-state index contributed by atoms with van der Waals surface area (Å²) >= 11 is 0. The molecule has 0 radical (unpaired) electrons. The minimum Gasteiger partial charge on any atom is -0.383 e. The van der Waals surface area contributed by atoms with Crippen molar-refractivity contribution < 1.29 is 9.50 Å². The van der Waals surface area contributed by atoms with Gasteiger partial charge >= 0.3 is 0 Å². The first kappa shape index (κ1) is 13.3. The van der Waals surface area contributed by atoms with Gasteiger partial charge in [-0.2, -0.15) is 0 Å². The molecule has 0 amide bonds. The Kier molecular flexibility index (Phi) is 3.30. The Labute approximate surface area is 118 Å². The summed E-state index contributed by atoms with van der Waals surface area (Å²) in [6.07, 6.45) is 5.13. The lowest BCUT2D eigenvalue weighted by Crippen LogP contribution is -2.25. The highest BCUT2D eigenvalue weighted by molar-refractivity contribution is 5.36. The van der Waals surface area contributed by atoms with E-state index in [0.29, 0.717) is 12.1 Å². The maximum Gasteiger partial charge on any atom is 0.141 e. The zero-order chi connectivity index (χ0) is 14.2. The number of benzene rings is 1. The van der Waals surface area contributed by atoms with Gasteiger partial charge in [0, 0.05) is 6.42 Å². The number of rotatable bonds is 3. The van der Waals surface area contributed by atoms with Crippen molar-refractivity contribution in [2.45, 2.75) is 38.2 Å². The first-order valence-corrected chi connectivity index (χ1v) is 7.00. The average molecular weight is 271 g/mol. The molecule has 1 atom stereocenters. The minimum absolute atomic E-state index is 0.387. The summed E-state index contributed by atoms with van der Waals surface area (Å²) in [6.45, 7) is 1.72. The number of nitrogens with zero attached hydrogens (tertiary/aromatic N) is 1. The van der Waals surface area contributed by atoms with Crippen LogP contribution in [-0.2, 0) is 24.9 Å². The minimum atomic E-state index is -1.08. The summed E-state index contributed by atoms with van der Waals surface area (Å²) in [6, 6.07) is 9.29. The van der Waals surface area contributed by atoms with Crippen molar-refractivity contribution in [2.75, 3.05) is 0 Å². The van der Waals surface area contributed by atoms with Crippen LogP contribution in [0, 0.1) is 5.82 Å². The molecule has 0 bridgehead atoms. The molecule has 1 N–H and O–H groups in total. The van der Waals surface area contributed by atoms with Gasteiger partial charge in [0.1, 0.15) is 11.4 Å². The predicted molar refractivity (Wildman–Crippen MR) is 75.9 cm³/mol. The monoisotopic (exact) mass is 271 g/mol. The van der Waals surface area contributed by atoms with Gasteiger partial charge in [-0.05, 0) is 55.0 Å². The molecule has 1 unspecified atom stereocenters. The highest BCUT2D eigenvalue weighted by atomic mass is 19.1. The van der Waals surface area contributed by atoms with Crippen molar-refractivity contribution in [2.24, 2.45) is 0 Å². The second-order valence-corrected chi connectivity index (χ2v) is 5.77. The van der Waals surface area contributed by atoms with Crippen molar-refractivity contribution in [1.29, 1.82) is 0 Å². The van der Waals surface area contributed by atoms with Crippen LogP contribution < -0.4 is 0 Å². The van der Waals surface area contributed by atoms with E-state index < -0.39 is 5.60 Å². The highest BCUT2D eigenvalue weighted by Crippen LogP contribution is 2.27. The molecule has 0 aliphatic heterocycles. The van der Waals surface area contributed by atoms with Gasteiger partial charge in [0.2, 0.25) is 0 Å². The maximum absolute atomic E-state index is 12.9. The molecule has 20 heavy (non-hydrogen) atoms. The van der Waals surface area contributed by atoms with E-state index in [4.69, 9.17) is 0 Å². The number of halogens is 1. The van der Waals surface area contributed by atoms with Crippen LogP contribution in [0.1, 0.15) is 35.7 Å². The number of aromatic nitrogens is 1. The molecule has 1 aromatic carbocycles. The van der Waals surface area contributed by atoms with E-state index in [1.54, 1.807) is 13.0 Å². The summed E-state index contributed by atoms with van der Waals surface area (Å²) in [5.74, 6) is -0.387. The van der Waals surface area contributed by atoms with E-state index in [0.717, 1.165) is 24.6 Å². The van der Waals surface area contributed by atoms with Crippen molar-refractivity contribution in [3.63, 3.8) is 0 Å². The third-order valence-electron chi connectivity index (χ3n) is 3.99. The molecule has 2 nitrogen and oxygen atoms in total. The molecular weight excluding hydrogens is 253 g/mol. The van der Waals surface area contributed by atoms with E-state index in [1.165, 1.54) is 23.6 Å². The summed E-state index contributed by atoms with van der Waals surface area (Å²) in [5, 5.41) is 10.6. The smallest absolute Gasteiger partial charge is 0.141 e. The quantitative estimate of drug-likeness (QED) is 0.930. The molecule has 0 fully saturated rings. The third kappa shape index (κ3) is 2.59. The Morgan fingerprint density at radius 1 is 1.20 bits per heavy atom. The van der Waals surface area contributed by atoms with Crippen LogP contribution in [0.2, 0.25) is 0 Å². The molecule has 1 aromatic heterocycles. The first-order valence-electron chi connectivity index (χ1n) is 7.00. The zero-order valence-electron chi connectivity index (χ0n) is 11.6. The normalized spacial score (nSPS) is 16.8. The van der Waals surface area contributed by atoms with E-state index in [-0.39, 0.29) is 5.82 Å². The molecular formula is C17H18FNO. The molecule has 0 saturated carbocycles. The maximum atomic E-state index is 12.9. The van der Waals surface area contributed by atoms with E-state index >= 15 is 0 Å². The number of fused-ring (bicyclic) bond motifs is 1. The van der Waals surface area contributed by atoms with Gasteiger partial charge < -0.3 is 5.11 Å². The Balaban J connectivity index is 1.84. The lowest BCUT2D eigenvalue weighted by atomic mass is 9.91. The number of hydrogen-bond donors (Lipinski definition) is 1. The van der Waals surface area contributed by atoms with Gasteiger partial charge in [-0.25, -0.2) is 4.39 Å². The van der Waals surface area contributed by atoms with Crippen LogP contribution in [-0.4, -0.2) is 10.1 Å². The Hall–Kier alpha value is -1.74. The fraction of sp³-hybridized carbons (Fsp3) is 0.353. The number of aryl methyl sites for hydroxylation is 2. The third-order valence-corrected chi connectivity index (χ3v) is 3.99. The van der Waals surface area contributed by atoms with Crippen molar-refractivity contribution in [1.82, 2.24) is 4.98 Å². The predicted octanol–water partition coefficient (Wildman–Crippen LogP) is 3.16. The second kappa shape index (κ2) is 4.98. The van der Waals surface area contributed by atoms with Gasteiger partial charge in [0.25, 0.3) is 0 Å². The molecule has 1 aliphatic carbocycles. The molecule has 1 heterocycles. The Bertz CT molecular complexity index is 619. The van der Waals surface area contributed by atoms with Gasteiger partial charge in [-0.15, -0.1) is 0 Å². The van der Waals surface area contributed by atoms with Crippen LogP contribution in [0.15, 0.2) is 36.5 Å². The topological polar surface area (TPSA) is 33.1 Å². The molecule has 1 aliphatic rings. The van der Waals surface area contributed by atoms with Gasteiger partial charge in [-0.1, -0.05) is 18.2 Å². The molecule has 104 valence electrons. The fourth-order valence-electron chi connectivity index (χ4n) is 2.92. The van der Waals surface area contributed by atoms with Gasteiger partial charge in [-0.3, -0.25) is 4.98 Å². The standard InChI is InChI=1S/C17H18FNO/c1-17(20,16-8-7-15(18)11-19-16)10-12-5-6-13-3-2-4-14(13)9-12/h5-9,11,20H,2-4,10H2,1H3. The van der Waals surface area contributed by atoms with Crippen LogP contribution in [0.4, 0.5) is 4.39 Å². The molecule has 3 heteroatoms. The Morgan fingerprint density at radius 2 is 2.00 bits per heavy atom. The SMILES string of the molecule is CC(O)(Cc1ccc2c(c1)CCC2)c1ccc(F)cn1. The van der Waals surface area contributed by atoms with Crippen molar-refractivity contribution in [3.05, 3.63) is 64.7 Å². The summed E-state index contributed by atoms with van der Waals surface area (Å²) in [7, 11) is 0. The molecule has 0 spiro atoms. The van der Waals surface area contributed by atoms with Gasteiger partial charge in [0.15, 0.2) is 0 Å². The first-order chi connectivity index (χ1) is 9.54. The average Bonchev–Trinajstić information content (AvgIpc) is 2.86. The molecule has 3 rings (SSSR count). The lowest BCUT2D eigenvalue weighted by molar-refractivity contribution is 0.0529. The van der Waals surface area contributed by atoms with Crippen LogP contribution >= 0.6 is 0 Å². The van der Waals surface area contributed by atoms with E-state index in [1.807, 2.05) is 0 Å². The number of pyridine rings is 1. The second-order valence-electron chi connectivity index (χ2n) is 5.77. The summed E-state index contributed by atoms with van der Waals surface area (Å²) in [5.41, 5.74) is 3.33. The molecule has 2 aromatic rings.